The van der Waals surface area contributed by atoms with Crippen LogP contribution in [0.25, 0.3) is 0 Å². The first kappa shape index (κ1) is 14.2. The van der Waals surface area contributed by atoms with Crippen molar-refractivity contribution < 1.29 is 14.6 Å². The van der Waals surface area contributed by atoms with Crippen molar-refractivity contribution in [2.45, 2.75) is 39.2 Å². The van der Waals surface area contributed by atoms with Crippen LogP contribution in [0, 0.1) is 0 Å². The Balaban J connectivity index is 2.93. The van der Waals surface area contributed by atoms with Crippen LogP contribution in [-0.4, -0.2) is 33.2 Å². The average molecular weight is 253 g/mol. The second kappa shape index (κ2) is 6.18. The third-order valence-electron chi connectivity index (χ3n) is 2.89. The molecular weight excluding hydrogens is 234 g/mol. The van der Waals surface area contributed by atoms with Gasteiger partial charge in [0, 0.05) is 0 Å². The van der Waals surface area contributed by atoms with E-state index in [1.165, 1.54) is 12.4 Å². The number of nitrogens with zero attached hydrogens (tertiary/aromatic N) is 2. The van der Waals surface area contributed by atoms with Crippen molar-refractivity contribution in [2.24, 2.45) is 0 Å². The van der Waals surface area contributed by atoms with Crippen LogP contribution in [0.4, 0.5) is 5.82 Å². The molecule has 0 spiro atoms. The number of anilines is 1. The first-order chi connectivity index (χ1) is 8.57. The van der Waals surface area contributed by atoms with Gasteiger partial charge in [0.1, 0.15) is 11.4 Å². The number of hydrogen-bond acceptors (Lipinski definition) is 5. The summed E-state index contributed by atoms with van der Waals surface area (Å²) in [7, 11) is 0. The Kier molecular flexibility index (Phi) is 4.88. The van der Waals surface area contributed by atoms with E-state index < -0.39 is 11.5 Å². The molecule has 1 rings (SSSR count). The molecule has 1 heterocycles. The van der Waals surface area contributed by atoms with Crippen LogP contribution in [0.2, 0.25) is 0 Å². The maximum atomic E-state index is 11.4. The van der Waals surface area contributed by atoms with Gasteiger partial charge in [0.25, 0.3) is 0 Å². The number of aliphatic carboxylic acids is 1. The second-order valence-corrected chi connectivity index (χ2v) is 3.89. The van der Waals surface area contributed by atoms with Gasteiger partial charge in [-0.25, -0.2) is 4.79 Å². The molecule has 0 aliphatic carbocycles. The summed E-state index contributed by atoms with van der Waals surface area (Å²) in [6, 6.07) is 0. The Labute approximate surface area is 106 Å². The number of rotatable bonds is 7. The molecule has 1 aromatic rings. The molecule has 0 saturated carbocycles. The topological polar surface area (TPSA) is 84.3 Å². The number of ether oxygens (including phenoxy) is 1. The summed E-state index contributed by atoms with van der Waals surface area (Å²) >= 11 is 0. The van der Waals surface area contributed by atoms with E-state index in [1.807, 2.05) is 20.8 Å². The van der Waals surface area contributed by atoms with Crippen LogP contribution < -0.4 is 10.1 Å². The molecule has 2 N–H and O–H groups in total. The summed E-state index contributed by atoms with van der Waals surface area (Å²) in [5.74, 6) is -0.0999. The molecule has 0 aliphatic rings. The van der Waals surface area contributed by atoms with Crippen LogP contribution in [0.5, 0.6) is 5.88 Å². The highest BCUT2D eigenvalue weighted by atomic mass is 16.5. The van der Waals surface area contributed by atoms with Gasteiger partial charge in [-0.2, -0.15) is 4.98 Å². The maximum absolute atomic E-state index is 11.4. The molecule has 0 saturated heterocycles. The lowest BCUT2D eigenvalue weighted by molar-refractivity contribution is -0.142. The predicted molar refractivity (Wildman–Crippen MR) is 67.8 cm³/mol. The van der Waals surface area contributed by atoms with E-state index in [-0.39, 0.29) is 0 Å². The van der Waals surface area contributed by atoms with Crippen molar-refractivity contribution in [3.8, 4) is 5.88 Å². The summed E-state index contributed by atoms with van der Waals surface area (Å²) in [5.41, 5.74) is -1.01. The van der Waals surface area contributed by atoms with E-state index in [0.717, 1.165) is 0 Å². The van der Waals surface area contributed by atoms with E-state index in [2.05, 4.69) is 15.3 Å². The predicted octanol–water partition coefficient (Wildman–Crippen LogP) is 1.93. The lowest BCUT2D eigenvalue weighted by Crippen LogP contribution is -2.45. The number of carboxylic acids is 1. The summed E-state index contributed by atoms with van der Waals surface area (Å²) in [6.07, 6.45) is 3.90. The zero-order valence-electron chi connectivity index (χ0n) is 10.9. The minimum absolute atomic E-state index is 0.383. The Hall–Kier alpha value is -1.85. The standard InChI is InChI=1S/C12H19N3O3/c1-4-12(5-2,11(16)17)15-9-7-13-8-10(14-9)18-6-3/h7-8H,4-6H2,1-3H3,(H,14,15)(H,16,17). The van der Waals surface area contributed by atoms with Crippen molar-refractivity contribution in [2.75, 3.05) is 11.9 Å². The lowest BCUT2D eigenvalue weighted by Gasteiger charge is -2.28. The minimum atomic E-state index is -1.01. The van der Waals surface area contributed by atoms with Crippen LogP contribution >= 0.6 is 0 Å². The first-order valence-corrected chi connectivity index (χ1v) is 6.04. The maximum Gasteiger partial charge on any atom is 0.329 e. The molecule has 0 fully saturated rings. The largest absolute Gasteiger partial charge is 0.480 e. The normalized spacial score (nSPS) is 11.1. The van der Waals surface area contributed by atoms with Gasteiger partial charge in [0.15, 0.2) is 0 Å². The smallest absolute Gasteiger partial charge is 0.329 e. The van der Waals surface area contributed by atoms with Crippen molar-refractivity contribution in [3.63, 3.8) is 0 Å². The van der Waals surface area contributed by atoms with Gasteiger partial charge >= 0.3 is 5.97 Å². The van der Waals surface area contributed by atoms with Gasteiger partial charge in [0.05, 0.1) is 19.0 Å². The fourth-order valence-corrected chi connectivity index (χ4v) is 1.65. The lowest BCUT2D eigenvalue weighted by atomic mass is 9.93. The molecule has 6 heteroatoms. The monoisotopic (exact) mass is 253 g/mol. The molecule has 1 aromatic heterocycles. The third-order valence-corrected chi connectivity index (χ3v) is 2.89. The number of hydrogen-bond donors (Lipinski definition) is 2. The fraction of sp³-hybridized carbons (Fsp3) is 0.583. The summed E-state index contributed by atoms with van der Waals surface area (Å²) in [5, 5.41) is 12.3. The van der Waals surface area contributed by atoms with Gasteiger partial charge in [-0.1, -0.05) is 13.8 Å². The quantitative estimate of drug-likeness (QED) is 0.772. The SMILES string of the molecule is CCOc1cncc(NC(CC)(CC)C(=O)O)n1. The molecule has 100 valence electrons. The molecular formula is C12H19N3O3. The van der Waals surface area contributed by atoms with Crippen molar-refractivity contribution in [1.82, 2.24) is 9.97 Å². The molecule has 0 aliphatic heterocycles. The fourth-order valence-electron chi connectivity index (χ4n) is 1.65. The van der Waals surface area contributed by atoms with E-state index in [4.69, 9.17) is 4.74 Å². The van der Waals surface area contributed by atoms with E-state index >= 15 is 0 Å². The summed E-state index contributed by atoms with van der Waals surface area (Å²) in [6.45, 7) is 5.99. The first-order valence-electron chi connectivity index (χ1n) is 6.04. The molecule has 0 aromatic carbocycles. The van der Waals surface area contributed by atoms with E-state index in [9.17, 15) is 9.90 Å². The molecule has 18 heavy (non-hydrogen) atoms. The van der Waals surface area contributed by atoms with Crippen LogP contribution in [0.3, 0.4) is 0 Å². The highest BCUT2D eigenvalue weighted by Gasteiger charge is 2.35. The van der Waals surface area contributed by atoms with Gasteiger partial charge < -0.3 is 15.2 Å². The third kappa shape index (κ3) is 3.09. The van der Waals surface area contributed by atoms with Crippen molar-refractivity contribution in [3.05, 3.63) is 12.4 Å². The number of carboxylic acid groups (broad SMARTS) is 1. The summed E-state index contributed by atoms with van der Waals surface area (Å²) in [4.78, 5) is 19.5. The van der Waals surface area contributed by atoms with Crippen molar-refractivity contribution in [1.29, 1.82) is 0 Å². The van der Waals surface area contributed by atoms with Crippen LogP contribution in [-0.2, 0) is 4.79 Å². The van der Waals surface area contributed by atoms with Gasteiger partial charge in [-0.15, -0.1) is 0 Å². The Morgan fingerprint density at radius 2 is 2.06 bits per heavy atom. The van der Waals surface area contributed by atoms with Gasteiger partial charge in [-0.3, -0.25) is 4.98 Å². The second-order valence-electron chi connectivity index (χ2n) is 3.89. The van der Waals surface area contributed by atoms with Crippen LogP contribution in [0.1, 0.15) is 33.6 Å². The Morgan fingerprint density at radius 3 is 2.56 bits per heavy atom. The number of nitrogens with one attached hydrogen (secondary N) is 1. The van der Waals surface area contributed by atoms with E-state index in [1.54, 1.807) is 0 Å². The summed E-state index contributed by atoms with van der Waals surface area (Å²) < 4.78 is 5.23. The van der Waals surface area contributed by atoms with Gasteiger partial charge in [0.2, 0.25) is 5.88 Å². The zero-order valence-corrected chi connectivity index (χ0v) is 10.9. The number of aromatic nitrogens is 2. The highest BCUT2D eigenvalue weighted by Crippen LogP contribution is 2.22. The molecule has 6 nitrogen and oxygen atoms in total. The average Bonchev–Trinajstić information content (AvgIpc) is 2.36. The molecule has 0 atom stereocenters. The Bertz CT molecular complexity index is 405. The zero-order chi connectivity index (χ0) is 13.6. The van der Waals surface area contributed by atoms with E-state index in [0.29, 0.717) is 31.1 Å². The minimum Gasteiger partial charge on any atom is -0.480 e. The Morgan fingerprint density at radius 1 is 1.39 bits per heavy atom. The van der Waals surface area contributed by atoms with Crippen molar-refractivity contribution >= 4 is 11.8 Å². The highest BCUT2D eigenvalue weighted by molar-refractivity contribution is 5.82. The molecule has 0 radical (unpaired) electrons. The molecule has 0 amide bonds. The number of carbonyl (C=O) groups is 1. The molecule has 0 bridgehead atoms. The van der Waals surface area contributed by atoms with Gasteiger partial charge in [-0.05, 0) is 19.8 Å². The van der Waals surface area contributed by atoms with Crippen LogP contribution in [0.15, 0.2) is 12.4 Å². The molecule has 0 unspecified atom stereocenters.